The summed E-state index contributed by atoms with van der Waals surface area (Å²) in [5.74, 6) is 0. The molecule has 0 atom stereocenters. The highest BCUT2D eigenvalue weighted by molar-refractivity contribution is 6.13. The lowest BCUT2D eigenvalue weighted by Crippen LogP contribution is -2.30. The highest BCUT2D eigenvalue weighted by Gasteiger charge is 2.37. The van der Waals surface area contributed by atoms with E-state index in [1.807, 2.05) is 12.4 Å². The number of aryl methyl sites for hydroxylation is 2. The van der Waals surface area contributed by atoms with E-state index in [0.29, 0.717) is 0 Å². The maximum Gasteiger partial charge on any atom is 0.0988 e. The van der Waals surface area contributed by atoms with Gasteiger partial charge in [-0.25, -0.2) is 0 Å². The Bertz CT molecular complexity index is 1480. The third kappa shape index (κ3) is 2.48. The van der Waals surface area contributed by atoms with Crippen molar-refractivity contribution in [1.82, 2.24) is 9.97 Å². The third-order valence-electron chi connectivity index (χ3n) is 7.01. The molecule has 1 aliphatic heterocycles. The number of fused-ring (bicyclic) bond motifs is 5. The van der Waals surface area contributed by atoms with Crippen LogP contribution in [0, 0.1) is 13.8 Å². The van der Waals surface area contributed by atoms with Gasteiger partial charge in [0, 0.05) is 28.6 Å². The number of hydrogen-bond acceptors (Lipinski definition) is 3. The molecule has 32 heavy (non-hydrogen) atoms. The Morgan fingerprint density at radius 1 is 0.656 bits per heavy atom. The van der Waals surface area contributed by atoms with Gasteiger partial charge in [0.05, 0.1) is 28.1 Å². The van der Waals surface area contributed by atoms with E-state index in [0.717, 1.165) is 27.5 Å². The fraction of sp³-hybridized carbons (Fsp3) is 0.172. The van der Waals surface area contributed by atoms with Crippen molar-refractivity contribution in [3.05, 3.63) is 101 Å². The van der Waals surface area contributed by atoms with E-state index in [4.69, 9.17) is 9.97 Å². The van der Waals surface area contributed by atoms with Gasteiger partial charge in [-0.1, -0.05) is 50.2 Å². The van der Waals surface area contributed by atoms with Crippen LogP contribution >= 0.6 is 0 Å². The SMILES string of the molecule is Cc1ccnc2c1cc(N1c3ccccc3C(C)(C)c3ccccc31)c1c(C)ccnc12. The summed E-state index contributed by atoms with van der Waals surface area (Å²) < 4.78 is 0. The predicted molar refractivity (Wildman–Crippen MR) is 133 cm³/mol. The average Bonchev–Trinajstić information content (AvgIpc) is 2.80. The Morgan fingerprint density at radius 3 is 1.88 bits per heavy atom. The van der Waals surface area contributed by atoms with Crippen molar-refractivity contribution in [2.75, 3.05) is 4.90 Å². The van der Waals surface area contributed by atoms with Crippen LogP contribution in [0.25, 0.3) is 21.8 Å². The van der Waals surface area contributed by atoms with Crippen LogP contribution in [0.3, 0.4) is 0 Å². The molecule has 3 aromatic carbocycles. The summed E-state index contributed by atoms with van der Waals surface area (Å²) in [4.78, 5) is 12.0. The van der Waals surface area contributed by atoms with Gasteiger partial charge in [0.1, 0.15) is 0 Å². The van der Waals surface area contributed by atoms with Crippen LogP contribution in [0.4, 0.5) is 17.1 Å². The third-order valence-corrected chi connectivity index (χ3v) is 7.01. The minimum atomic E-state index is -0.0822. The van der Waals surface area contributed by atoms with Crippen LogP contribution in [0.15, 0.2) is 79.1 Å². The van der Waals surface area contributed by atoms with Crippen LogP contribution in [0.5, 0.6) is 0 Å². The highest BCUT2D eigenvalue weighted by atomic mass is 15.2. The van der Waals surface area contributed by atoms with Gasteiger partial charge in [-0.15, -0.1) is 0 Å². The van der Waals surface area contributed by atoms with Gasteiger partial charge in [-0.3, -0.25) is 9.97 Å². The molecule has 3 nitrogen and oxygen atoms in total. The van der Waals surface area contributed by atoms with Crippen LogP contribution in [0.2, 0.25) is 0 Å². The fourth-order valence-electron chi connectivity index (χ4n) is 5.32. The van der Waals surface area contributed by atoms with E-state index < -0.39 is 0 Å². The highest BCUT2D eigenvalue weighted by Crippen LogP contribution is 2.53. The average molecular weight is 416 g/mol. The standard InChI is InChI=1S/C29H25N3/c1-18-13-15-30-27-20(18)17-25(26-19(2)14-16-31-28(26)27)32-23-11-7-5-9-21(23)29(3,4)22-10-6-8-12-24(22)32/h5-17H,1-4H3. The summed E-state index contributed by atoms with van der Waals surface area (Å²) in [6, 6.07) is 24.1. The zero-order chi connectivity index (χ0) is 22.0. The lowest BCUT2D eigenvalue weighted by atomic mass is 9.73. The lowest BCUT2D eigenvalue weighted by Gasteiger charge is -2.42. The molecule has 0 radical (unpaired) electrons. The Morgan fingerprint density at radius 2 is 1.22 bits per heavy atom. The van der Waals surface area contributed by atoms with E-state index in [2.05, 4.69) is 99.3 Å². The molecular weight excluding hydrogens is 390 g/mol. The van der Waals surface area contributed by atoms with Crippen molar-refractivity contribution in [3.63, 3.8) is 0 Å². The normalized spacial score (nSPS) is 14.4. The van der Waals surface area contributed by atoms with Gasteiger partial charge in [-0.2, -0.15) is 0 Å². The molecule has 0 amide bonds. The summed E-state index contributed by atoms with van der Waals surface area (Å²) in [7, 11) is 0. The zero-order valence-electron chi connectivity index (χ0n) is 18.8. The van der Waals surface area contributed by atoms with Gasteiger partial charge in [0.25, 0.3) is 0 Å². The quantitative estimate of drug-likeness (QED) is 0.265. The largest absolute Gasteiger partial charge is 0.309 e. The number of anilines is 3. The fourth-order valence-corrected chi connectivity index (χ4v) is 5.32. The van der Waals surface area contributed by atoms with Crippen molar-refractivity contribution in [3.8, 4) is 0 Å². The van der Waals surface area contributed by atoms with Crippen molar-refractivity contribution < 1.29 is 0 Å². The van der Waals surface area contributed by atoms with E-state index in [9.17, 15) is 0 Å². The maximum atomic E-state index is 4.82. The molecule has 156 valence electrons. The van der Waals surface area contributed by atoms with Crippen molar-refractivity contribution >= 4 is 38.9 Å². The summed E-state index contributed by atoms with van der Waals surface area (Å²) in [5.41, 5.74) is 10.5. The molecule has 3 heteroatoms. The van der Waals surface area contributed by atoms with Crippen LogP contribution < -0.4 is 4.90 Å². The molecule has 0 aliphatic carbocycles. The van der Waals surface area contributed by atoms with Gasteiger partial charge in [0.15, 0.2) is 0 Å². The zero-order valence-corrected chi connectivity index (χ0v) is 18.8. The minimum absolute atomic E-state index is 0.0822. The first-order valence-electron chi connectivity index (χ1n) is 11.1. The van der Waals surface area contributed by atoms with Crippen molar-refractivity contribution in [2.45, 2.75) is 33.1 Å². The molecule has 0 bridgehead atoms. The van der Waals surface area contributed by atoms with Gasteiger partial charge >= 0.3 is 0 Å². The van der Waals surface area contributed by atoms with E-state index >= 15 is 0 Å². The molecule has 0 fully saturated rings. The number of hydrogen-bond donors (Lipinski definition) is 0. The number of benzene rings is 3. The summed E-state index contributed by atoms with van der Waals surface area (Å²) in [6.07, 6.45) is 3.78. The topological polar surface area (TPSA) is 29.0 Å². The summed E-state index contributed by atoms with van der Waals surface area (Å²) in [5, 5.41) is 2.30. The van der Waals surface area contributed by atoms with Gasteiger partial charge in [0.2, 0.25) is 0 Å². The number of rotatable bonds is 1. The molecule has 0 saturated heterocycles. The van der Waals surface area contributed by atoms with Crippen molar-refractivity contribution in [2.24, 2.45) is 0 Å². The van der Waals surface area contributed by atoms with Crippen LogP contribution in [-0.2, 0) is 5.41 Å². The Hall–Kier alpha value is -3.72. The number of para-hydroxylation sites is 2. The van der Waals surface area contributed by atoms with E-state index in [1.165, 1.54) is 33.6 Å². The molecule has 1 aliphatic rings. The second-order valence-electron chi connectivity index (χ2n) is 9.27. The second kappa shape index (κ2) is 6.64. The van der Waals surface area contributed by atoms with Crippen LogP contribution in [-0.4, -0.2) is 9.97 Å². The Balaban J connectivity index is 1.80. The molecule has 0 spiro atoms. The Kier molecular flexibility index (Phi) is 3.94. The lowest BCUT2D eigenvalue weighted by molar-refractivity contribution is 0.632. The molecule has 2 aromatic heterocycles. The number of pyridine rings is 2. The first kappa shape index (κ1) is 19.0. The molecular formula is C29H25N3. The molecule has 0 saturated carbocycles. The first-order valence-corrected chi connectivity index (χ1v) is 11.1. The molecule has 0 unspecified atom stereocenters. The van der Waals surface area contributed by atoms with Gasteiger partial charge in [-0.05, 0) is 66.4 Å². The second-order valence-corrected chi connectivity index (χ2v) is 9.27. The summed E-state index contributed by atoms with van der Waals surface area (Å²) >= 11 is 0. The Labute approximate surface area is 188 Å². The van der Waals surface area contributed by atoms with E-state index in [1.54, 1.807) is 0 Å². The number of nitrogens with zero attached hydrogens (tertiary/aromatic N) is 3. The molecule has 6 rings (SSSR count). The monoisotopic (exact) mass is 415 g/mol. The first-order chi connectivity index (χ1) is 15.5. The maximum absolute atomic E-state index is 4.82. The summed E-state index contributed by atoms with van der Waals surface area (Å²) in [6.45, 7) is 8.96. The predicted octanol–water partition coefficient (Wildman–Crippen LogP) is 7.51. The number of aromatic nitrogens is 2. The molecule has 3 heterocycles. The van der Waals surface area contributed by atoms with Crippen molar-refractivity contribution in [1.29, 1.82) is 0 Å². The molecule has 5 aromatic rings. The minimum Gasteiger partial charge on any atom is -0.309 e. The molecule has 0 N–H and O–H groups in total. The van der Waals surface area contributed by atoms with Crippen LogP contribution in [0.1, 0.15) is 36.1 Å². The van der Waals surface area contributed by atoms with E-state index in [-0.39, 0.29) is 5.41 Å². The van der Waals surface area contributed by atoms with Gasteiger partial charge < -0.3 is 4.90 Å². The smallest absolute Gasteiger partial charge is 0.0988 e.